The largest absolute Gasteiger partial charge is 0.350 e. The molecule has 160 valence electrons. The van der Waals surface area contributed by atoms with E-state index in [4.69, 9.17) is 0 Å². The molecule has 1 aromatic heterocycles. The standard InChI is InChI=1S/C23H31N5O2/c1-14-8-10-15(11-9-14)20(29)26-17-12-16-18(21(30)24-13-22(2,3)4)27-28(19(16)25-17)23(5,6)7/h8-11H,12-13H2,1-7H3,(H,24,30)(H,25,26,29). The predicted octanol–water partition coefficient (Wildman–Crippen LogP) is 3.74. The quantitative estimate of drug-likeness (QED) is 0.809. The third-order valence-electron chi connectivity index (χ3n) is 4.74. The van der Waals surface area contributed by atoms with E-state index in [1.54, 1.807) is 16.8 Å². The van der Waals surface area contributed by atoms with Crippen LogP contribution in [0.2, 0.25) is 0 Å². The number of nitrogens with one attached hydrogen (secondary N) is 2. The molecule has 0 radical (unpaired) electrons. The number of aryl methyl sites for hydroxylation is 1. The number of rotatable bonds is 3. The van der Waals surface area contributed by atoms with Crippen LogP contribution in [0.5, 0.6) is 0 Å². The summed E-state index contributed by atoms with van der Waals surface area (Å²) in [7, 11) is 0. The van der Waals surface area contributed by atoms with Gasteiger partial charge in [-0.3, -0.25) is 9.59 Å². The molecule has 3 rings (SSSR count). The summed E-state index contributed by atoms with van der Waals surface area (Å²) in [6, 6.07) is 7.37. The maximum atomic E-state index is 12.8. The molecule has 0 unspecified atom stereocenters. The summed E-state index contributed by atoms with van der Waals surface area (Å²) < 4.78 is 1.76. The summed E-state index contributed by atoms with van der Waals surface area (Å²) in [4.78, 5) is 30.1. The molecule has 0 aliphatic carbocycles. The number of hydrogen-bond acceptors (Lipinski definition) is 4. The Labute approximate surface area is 178 Å². The Morgan fingerprint density at radius 1 is 1.03 bits per heavy atom. The van der Waals surface area contributed by atoms with Crippen molar-refractivity contribution in [2.45, 2.75) is 60.4 Å². The van der Waals surface area contributed by atoms with Crippen LogP contribution in [-0.2, 0) is 12.0 Å². The van der Waals surface area contributed by atoms with Gasteiger partial charge in [0.15, 0.2) is 11.5 Å². The highest BCUT2D eigenvalue weighted by molar-refractivity contribution is 6.10. The minimum Gasteiger partial charge on any atom is -0.350 e. The van der Waals surface area contributed by atoms with E-state index in [1.165, 1.54) is 0 Å². The molecule has 0 spiro atoms. The summed E-state index contributed by atoms with van der Waals surface area (Å²) in [5, 5.41) is 10.4. The molecule has 2 N–H and O–H groups in total. The Balaban J connectivity index is 1.85. The highest BCUT2D eigenvalue weighted by Gasteiger charge is 2.33. The van der Waals surface area contributed by atoms with E-state index in [0.29, 0.717) is 35.9 Å². The first-order valence-electron chi connectivity index (χ1n) is 10.2. The van der Waals surface area contributed by atoms with E-state index in [2.05, 4.69) is 41.5 Å². The Bertz CT molecular complexity index is 1000. The lowest BCUT2D eigenvalue weighted by molar-refractivity contribution is 0.0931. The number of fused-ring (bicyclic) bond motifs is 1. The molecule has 0 saturated carbocycles. The Morgan fingerprint density at radius 2 is 1.67 bits per heavy atom. The van der Waals surface area contributed by atoms with Crippen LogP contribution in [0.1, 0.15) is 73.5 Å². The number of amides is 2. The van der Waals surface area contributed by atoms with E-state index in [1.807, 2.05) is 39.8 Å². The van der Waals surface area contributed by atoms with E-state index >= 15 is 0 Å². The summed E-state index contributed by atoms with van der Waals surface area (Å²) in [5.74, 6) is 0.719. The molecule has 0 atom stereocenters. The summed E-state index contributed by atoms with van der Waals surface area (Å²) in [6.07, 6.45) is 0.362. The monoisotopic (exact) mass is 409 g/mol. The van der Waals surface area contributed by atoms with E-state index in [-0.39, 0.29) is 22.8 Å². The van der Waals surface area contributed by atoms with Gasteiger partial charge in [0.1, 0.15) is 5.84 Å². The van der Waals surface area contributed by atoms with Gasteiger partial charge in [-0.05, 0) is 45.2 Å². The van der Waals surface area contributed by atoms with Gasteiger partial charge < -0.3 is 10.6 Å². The molecular weight excluding hydrogens is 378 g/mol. The second-order valence-corrected chi connectivity index (χ2v) is 10.0. The zero-order valence-electron chi connectivity index (χ0n) is 18.9. The predicted molar refractivity (Wildman–Crippen MR) is 118 cm³/mol. The first-order chi connectivity index (χ1) is 13.8. The molecular formula is C23H31N5O2. The maximum absolute atomic E-state index is 12.8. The van der Waals surface area contributed by atoms with Gasteiger partial charge in [0, 0.05) is 24.1 Å². The molecule has 1 aliphatic rings. The lowest BCUT2D eigenvalue weighted by atomic mass is 9.97. The third-order valence-corrected chi connectivity index (χ3v) is 4.74. The van der Waals surface area contributed by atoms with Gasteiger partial charge in [0.25, 0.3) is 11.8 Å². The molecule has 0 saturated heterocycles. The van der Waals surface area contributed by atoms with E-state index in [0.717, 1.165) is 11.1 Å². The lowest BCUT2D eigenvalue weighted by Gasteiger charge is -2.20. The molecule has 30 heavy (non-hydrogen) atoms. The third kappa shape index (κ3) is 4.78. The van der Waals surface area contributed by atoms with Crippen LogP contribution in [0.4, 0.5) is 5.82 Å². The Hall–Kier alpha value is -2.96. The Morgan fingerprint density at radius 3 is 2.23 bits per heavy atom. The first-order valence-corrected chi connectivity index (χ1v) is 10.2. The van der Waals surface area contributed by atoms with Gasteiger partial charge in [0.05, 0.1) is 5.54 Å². The second-order valence-electron chi connectivity index (χ2n) is 10.0. The van der Waals surface area contributed by atoms with Crippen molar-refractivity contribution in [2.75, 3.05) is 6.54 Å². The zero-order chi connectivity index (χ0) is 22.3. The van der Waals surface area contributed by atoms with Crippen LogP contribution < -0.4 is 10.6 Å². The summed E-state index contributed by atoms with van der Waals surface area (Å²) in [6.45, 7) is 14.7. The van der Waals surface area contributed by atoms with Crippen molar-refractivity contribution >= 4 is 23.5 Å². The molecule has 2 aromatic rings. The number of aromatic nitrogens is 2. The maximum Gasteiger partial charge on any atom is 0.272 e. The number of carbonyl (C=O) groups is 2. The van der Waals surface area contributed by atoms with Crippen LogP contribution in [0.3, 0.4) is 0 Å². The van der Waals surface area contributed by atoms with Crippen molar-refractivity contribution in [3.63, 3.8) is 0 Å². The van der Waals surface area contributed by atoms with Gasteiger partial charge in [-0.25, -0.2) is 9.67 Å². The van der Waals surface area contributed by atoms with Crippen LogP contribution in [0.15, 0.2) is 29.3 Å². The molecule has 7 heteroatoms. The second kappa shape index (κ2) is 7.70. The number of hydrogen-bond donors (Lipinski definition) is 2. The minimum absolute atomic E-state index is 0.0326. The molecule has 1 aromatic carbocycles. The van der Waals surface area contributed by atoms with Crippen molar-refractivity contribution in [3.8, 4) is 0 Å². The topological polar surface area (TPSA) is 88.4 Å². The van der Waals surface area contributed by atoms with Crippen molar-refractivity contribution in [1.29, 1.82) is 0 Å². The van der Waals surface area contributed by atoms with Crippen molar-refractivity contribution in [1.82, 2.24) is 20.4 Å². The van der Waals surface area contributed by atoms with Crippen LogP contribution in [-0.4, -0.2) is 34.0 Å². The van der Waals surface area contributed by atoms with Gasteiger partial charge in [0.2, 0.25) is 0 Å². The van der Waals surface area contributed by atoms with Crippen molar-refractivity contribution in [2.24, 2.45) is 10.4 Å². The van der Waals surface area contributed by atoms with Gasteiger partial charge in [-0.2, -0.15) is 5.10 Å². The van der Waals surface area contributed by atoms with Crippen molar-refractivity contribution in [3.05, 3.63) is 46.6 Å². The minimum atomic E-state index is -0.355. The first kappa shape index (κ1) is 21.7. The van der Waals surface area contributed by atoms with Gasteiger partial charge in [-0.1, -0.05) is 38.5 Å². The highest BCUT2D eigenvalue weighted by Crippen LogP contribution is 2.33. The summed E-state index contributed by atoms with van der Waals surface area (Å²) >= 11 is 0. The number of aliphatic imine (C=N–C) groups is 1. The summed E-state index contributed by atoms with van der Waals surface area (Å²) in [5.41, 5.74) is 2.39. The van der Waals surface area contributed by atoms with Gasteiger partial charge in [-0.15, -0.1) is 0 Å². The molecule has 0 fully saturated rings. The fourth-order valence-corrected chi connectivity index (χ4v) is 3.11. The molecule has 7 nitrogen and oxygen atoms in total. The Kier molecular flexibility index (Phi) is 5.58. The number of benzene rings is 1. The number of nitrogens with zero attached hydrogens (tertiary/aromatic N) is 3. The highest BCUT2D eigenvalue weighted by atomic mass is 16.2. The fourth-order valence-electron chi connectivity index (χ4n) is 3.11. The van der Waals surface area contributed by atoms with Gasteiger partial charge >= 0.3 is 0 Å². The smallest absolute Gasteiger partial charge is 0.272 e. The van der Waals surface area contributed by atoms with Crippen LogP contribution in [0, 0.1) is 12.3 Å². The molecule has 2 amide bonds. The number of amidine groups is 1. The molecule has 2 heterocycles. The molecule has 0 bridgehead atoms. The zero-order valence-corrected chi connectivity index (χ0v) is 18.9. The van der Waals surface area contributed by atoms with E-state index < -0.39 is 0 Å². The average molecular weight is 410 g/mol. The van der Waals surface area contributed by atoms with E-state index in [9.17, 15) is 9.59 Å². The van der Waals surface area contributed by atoms with Crippen LogP contribution in [0.25, 0.3) is 0 Å². The van der Waals surface area contributed by atoms with Crippen molar-refractivity contribution < 1.29 is 9.59 Å². The lowest BCUT2D eigenvalue weighted by Crippen LogP contribution is -2.34. The SMILES string of the molecule is Cc1ccc(C(=O)NC2=Nc3c(c(C(=O)NCC(C)(C)C)nn3C(C)(C)C)C2)cc1. The average Bonchev–Trinajstić information content (AvgIpc) is 3.17. The normalized spacial score (nSPS) is 13.6. The number of carbonyl (C=O) groups excluding carboxylic acids is 2. The molecule has 1 aliphatic heterocycles. The fraction of sp³-hybridized carbons (Fsp3) is 0.478. The van der Waals surface area contributed by atoms with Crippen LogP contribution >= 0.6 is 0 Å².